The van der Waals surface area contributed by atoms with Crippen molar-refractivity contribution in [1.82, 2.24) is 10.6 Å². The second-order valence-corrected chi connectivity index (χ2v) is 8.87. The van der Waals surface area contributed by atoms with Crippen LogP contribution in [0.4, 0.5) is 4.79 Å². The number of carbonyl (C=O) groups is 3. The predicted molar refractivity (Wildman–Crippen MR) is 124 cm³/mol. The molecule has 2 aliphatic rings. The fourth-order valence-corrected chi connectivity index (χ4v) is 4.57. The normalized spacial score (nSPS) is 19.6. The summed E-state index contributed by atoms with van der Waals surface area (Å²) in [5.41, 5.74) is 4.61. The van der Waals surface area contributed by atoms with Crippen LogP contribution in [0.1, 0.15) is 37.3 Å². The van der Waals surface area contributed by atoms with Gasteiger partial charge in [-0.1, -0.05) is 74.5 Å². The van der Waals surface area contributed by atoms with Crippen LogP contribution in [0.15, 0.2) is 60.7 Å². The fourth-order valence-electron chi connectivity index (χ4n) is 4.57. The molecule has 0 radical (unpaired) electrons. The lowest BCUT2D eigenvalue weighted by Crippen LogP contribution is -2.46. The molecule has 7 nitrogen and oxygen atoms in total. The summed E-state index contributed by atoms with van der Waals surface area (Å²) in [4.78, 5) is 36.3. The highest BCUT2D eigenvalue weighted by molar-refractivity contribution is 5.86. The van der Waals surface area contributed by atoms with Crippen molar-refractivity contribution in [1.29, 1.82) is 0 Å². The Morgan fingerprint density at radius 1 is 1.00 bits per heavy atom. The van der Waals surface area contributed by atoms with Gasteiger partial charge in [0.15, 0.2) is 0 Å². The number of hydrogen-bond donors (Lipinski definition) is 3. The summed E-state index contributed by atoms with van der Waals surface area (Å²) in [5, 5.41) is 14.6. The lowest BCUT2D eigenvalue weighted by atomic mass is 9.98. The van der Waals surface area contributed by atoms with Crippen molar-refractivity contribution >= 4 is 18.0 Å². The van der Waals surface area contributed by atoms with Crippen LogP contribution in [0.2, 0.25) is 0 Å². The first-order valence-corrected chi connectivity index (χ1v) is 11.2. The van der Waals surface area contributed by atoms with Gasteiger partial charge in [0, 0.05) is 5.92 Å². The van der Waals surface area contributed by atoms with Crippen molar-refractivity contribution in [3.05, 3.63) is 71.8 Å². The van der Waals surface area contributed by atoms with Gasteiger partial charge in [-0.3, -0.25) is 4.79 Å². The van der Waals surface area contributed by atoms with E-state index < -0.39 is 24.0 Å². The van der Waals surface area contributed by atoms with E-state index in [-0.39, 0.29) is 30.4 Å². The molecule has 0 aliphatic heterocycles. The van der Waals surface area contributed by atoms with Crippen LogP contribution in [0, 0.1) is 11.8 Å². The van der Waals surface area contributed by atoms with Crippen molar-refractivity contribution in [2.24, 2.45) is 11.8 Å². The summed E-state index contributed by atoms with van der Waals surface area (Å²) >= 11 is 0. The van der Waals surface area contributed by atoms with E-state index in [2.05, 4.69) is 34.9 Å². The maximum absolute atomic E-state index is 12.5. The van der Waals surface area contributed by atoms with Gasteiger partial charge in [-0.05, 0) is 34.6 Å². The maximum atomic E-state index is 12.5. The van der Waals surface area contributed by atoms with E-state index in [1.54, 1.807) is 26.0 Å². The smallest absolute Gasteiger partial charge is 0.407 e. The molecule has 0 saturated heterocycles. The number of nitrogens with one attached hydrogen (secondary N) is 2. The average molecular weight is 449 g/mol. The molecular weight excluding hydrogens is 420 g/mol. The monoisotopic (exact) mass is 448 g/mol. The van der Waals surface area contributed by atoms with Crippen LogP contribution in [0.25, 0.3) is 11.1 Å². The molecule has 2 aliphatic carbocycles. The number of amides is 2. The van der Waals surface area contributed by atoms with Crippen molar-refractivity contribution in [2.45, 2.75) is 38.3 Å². The number of alkyl carbamates (subject to hydrolysis) is 1. The Morgan fingerprint density at radius 3 is 2.18 bits per heavy atom. The highest BCUT2D eigenvalue weighted by atomic mass is 16.5. The Bertz CT molecular complexity index is 1050. The number of carboxylic acid groups (broad SMARTS) is 1. The lowest BCUT2D eigenvalue weighted by molar-refractivity contribution is -0.143. The third-order valence-corrected chi connectivity index (χ3v) is 6.30. The van der Waals surface area contributed by atoms with Crippen LogP contribution < -0.4 is 10.6 Å². The molecule has 0 fully saturated rings. The molecule has 2 aromatic carbocycles. The zero-order valence-corrected chi connectivity index (χ0v) is 18.7. The Balaban J connectivity index is 1.31. The lowest BCUT2D eigenvalue weighted by Gasteiger charge is -2.20. The van der Waals surface area contributed by atoms with Gasteiger partial charge in [0.2, 0.25) is 5.91 Å². The second kappa shape index (κ2) is 9.48. The van der Waals surface area contributed by atoms with E-state index in [0.717, 1.165) is 22.3 Å². The van der Waals surface area contributed by atoms with Crippen LogP contribution in [0.5, 0.6) is 0 Å². The van der Waals surface area contributed by atoms with E-state index in [4.69, 9.17) is 4.74 Å². The Morgan fingerprint density at radius 2 is 1.61 bits per heavy atom. The Kier molecular flexibility index (Phi) is 6.49. The number of carboxylic acids is 1. The van der Waals surface area contributed by atoms with Gasteiger partial charge in [0.25, 0.3) is 0 Å². The van der Waals surface area contributed by atoms with E-state index in [9.17, 15) is 19.5 Å². The first kappa shape index (κ1) is 22.6. The molecular formula is C26H28N2O5. The highest BCUT2D eigenvalue weighted by Gasteiger charge is 2.32. The zero-order valence-electron chi connectivity index (χ0n) is 18.7. The van der Waals surface area contributed by atoms with Gasteiger partial charge in [-0.2, -0.15) is 0 Å². The van der Waals surface area contributed by atoms with Crippen LogP contribution in [-0.4, -0.2) is 41.8 Å². The molecule has 172 valence electrons. The van der Waals surface area contributed by atoms with Gasteiger partial charge in [0.1, 0.15) is 12.6 Å². The molecule has 7 heteroatoms. The minimum atomic E-state index is -1.06. The van der Waals surface area contributed by atoms with Crippen LogP contribution >= 0.6 is 0 Å². The van der Waals surface area contributed by atoms with Crippen molar-refractivity contribution in [2.75, 3.05) is 6.61 Å². The summed E-state index contributed by atoms with van der Waals surface area (Å²) in [6.07, 6.45) is 3.26. The minimum Gasteiger partial charge on any atom is -0.480 e. The van der Waals surface area contributed by atoms with E-state index in [1.807, 2.05) is 24.3 Å². The quantitative estimate of drug-likeness (QED) is 0.561. The number of ether oxygens (including phenoxy) is 1. The van der Waals surface area contributed by atoms with Crippen LogP contribution in [0.3, 0.4) is 0 Å². The van der Waals surface area contributed by atoms with E-state index >= 15 is 0 Å². The van der Waals surface area contributed by atoms with Crippen molar-refractivity contribution in [3.63, 3.8) is 0 Å². The van der Waals surface area contributed by atoms with E-state index in [1.165, 1.54) is 0 Å². The van der Waals surface area contributed by atoms with Crippen LogP contribution in [-0.2, 0) is 14.3 Å². The fraction of sp³-hybridized carbons (Fsp3) is 0.346. The third kappa shape index (κ3) is 4.77. The summed E-state index contributed by atoms with van der Waals surface area (Å²) in [6.45, 7) is 3.70. The Hall–Kier alpha value is -3.61. The number of rotatable bonds is 7. The molecule has 4 rings (SSSR count). The molecule has 0 bridgehead atoms. The first-order valence-electron chi connectivity index (χ1n) is 11.2. The number of benzene rings is 2. The number of carbonyl (C=O) groups excluding carboxylic acids is 2. The Labute approximate surface area is 192 Å². The molecule has 33 heavy (non-hydrogen) atoms. The maximum Gasteiger partial charge on any atom is 0.407 e. The topological polar surface area (TPSA) is 105 Å². The second-order valence-electron chi connectivity index (χ2n) is 8.87. The standard InChI is InChI=1S/C26H28N2O5/c1-15(2)23(25(30)31)28-24(29)16-11-12-17(13-16)27-26(32)33-14-22-20-9-5-3-7-18(20)19-8-4-6-10-21(19)22/h3-12,15-17,22-23H,13-14H2,1-2H3,(H,27,32)(H,28,29)(H,30,31)/t16?,17?,23-/m0/s1. The van der Waals surface area contributed by atoms with Crippen molar-refractivity contribution < 1.29 is 24.2 Å². The van der Waals surface area contributed by atoms with Gasteiger partial charge < -0.3 is 20.5 Å². The zero-order chi connectivity index (χ0) is 23.5. The summed E-state index contributed by atoms with van der Waals surface area (Å²) in [6, 6.07) is 15.0. The largest absolute Gasteiger partial charge is 0.480 e. The summed E-state index contributed by atoms with van der Waals surface area (Å²) < 4.78 is 5.56. The molecule has 2 amide bonds. The molecule has 2 aromatic rings. The molecule has 0 heterocycles. The van der Waals surface area contributed by atoms with E-state index in [0.29, 0.717) is 6.42 Å². The first-order chi connectivity index (χ1) is 15.8. The third-order valence-electron chi connectivity index (χ3n) is 6.30. The van der Waals surface area contributed by atoms with Gasteiger partial charge in [-0.15, -0.1) is 0 Å². The van der Waals surface area contributed by atoms with Crippen molar-refractivity contribution in [3.8, 4) is 11.1 Å². The number of hydrogen-bond acceptors (Lipinski definition) is 4. The van der Waals surface area contributed by atoms with Gasteiger partial charge in [-0.25, -0.2) is 9.59 Å². The number of fused-ring (bicyclic) bond motifs is 3. The molecule has 2 unspecified atom stereocenters. The molecule has 0 aromatic heterocycles. The average Bonchev–Trinajstić information content (AvgIpc) is 3.38. The summed E-state index contributed by atoms with van der Waals surface area (Å²) in [5.74, 6) is -2.17. The van der Waals surface area contributed by atoms with Gasteiger partial charge >= 0.3 is 12.1 Å². The SMILES string of the molecule is CC(C)[C@H](NC(=O)C1C=CC(NC(=O)OCC2c3ccccc3-c3ccccc32)C1)C(=O)O. The summed E-state index contributed by atoms with van der Waals surface area (Å²) in [7, 11) is 0. The molecule has 0 spiro atoms. The predicted octanol–water partition coefficient (Wildman–Crippen LogP) is 3.70. The molecule has 3 N–H and O–H groups in total. The highest BCUT2D eigenvalue weighted by Crippen LogP contribution is 2.44. The van der Waals surface area contributed by atoms with Gasteiger partial charge in [0.05, 0.1) is 12.0 Å². The molecule has 3 atom stereocenters. The minimum absolute atomic E-state index is 0.0234. The number of aliphatic carboxylic acids is 1. The molecule has 0 saturated carbocycles.